The van der Waals surface area contributed by atoms with Gasteiger partial charge in [-0.1, -0.05) is 30.5 Å². The molecule has 178 valence electrons. The number of hydrogen-bond donors (Lipinski definition) is 3. The molecular weight excluding hydrogens is 440 g/mol. The second-order valence-corrected chi connectivity index (χ2v) is 9.28. The summed E-state index contributed by atoms with van der Waals surface area (Å²) in [6.07, 6.45) is 7.33. The van der Waals surface area contributed by atoms with Gasteiger partial charge in [0.2, 0.25) is 11.9 Å². The fraction of sp³-hybridized carbons (Fsp3) is 0.542. The monoisotopic (exact) mass is 472 g/mol. The number of ether oxygens (including phenoxy) is 1. The summed E-state index contributed by atoms with van der Waals surface area (Å²) in [5, 5.41) is 7.08. The Morgan fingerprint density at radius 2 is 2.03 bits per heavy atom. The minimum absolute atomic E-state index is 0.0648. The molecule has 9 heteroatoms. The number of rotatable bonds is 8. The summed E-state index contributed by atoms with van der Waals surface area (Å²) in [5.41, 5.74) is 9.29. The van der Waals surface area contributed by atoms with E-state index < -0.39 is 0 Å². The maximum absolute atomic E-state index is 11.9. The average Bonchev–Trinajstić information content (AvgIpc) is 3.02. The molecule has 2 aliphatic rings. The molecule has 33 heavy (non-hydrogen) atoms. The number of carbonyl (C=O) groups excluding carboxylic acids is 1. The Hall–Kier alpha value is -2.42. The molecule has 0 radical (unpaired) electrons. The topological polar surface area (TPSA) is 105 Å². The van der Waals surface area contributed by atoms with Crippen LogP contribution in [-0.4, -0.2) is 60.2 Å². The molecule has 1 saturated carbocycles. The van der Waals surface area contributed by atoms with Crippen LogP contribution in [0, 0.1) is 5.92 Å². The molecule has 0 unspecified atom stereocenters. The van der Waals surface area contributed by atoms with Gasteiger partial charge < -0.3 is 26.0 Å². The first-order chi connectivity index (χ1) is 16.0. The fourth-order valence-corrected chi connectivity index (χ4v) is 4.92. The second-order valence-electron chi connectivity index (χ2n) is 8.88. The number of fused-ring (bicyclic) bond motifs is 1. The molecule has 0 saturated heterocycles. The first-order valence-electron chi connectivity index (χ1n) is 11.7. The highest BCUT2D eigenvalue weighted by Gasteiger charge is 2.30. The van der Waals surface area contributed by atoms with E-state index in [0.717, 1.165) is 70.5 Å². The van der Waals surface area contributed by atoms with Gasteiger partial charge in [-0.25, -0.2) is 4.98 Å². The molecule has 0 bridgehead atoms. The van der Waals surface area contributed by atoms with Gasteiger partial charge in [0.05, 0.1) is 18.7 Å². The van der Waals surface area contributed by atoms with Gasteiger partial charge in [-0.05, 0) is 48.9 Å². The van der Waals surface area contributed by atoms with Crippen molar-refractivity contribution >= 4 is 35.0 Å². The maximum atomic E-state index is 11.9. The second kappa shape index (κ2) is 11.1. The molecule has 4 rings (SSSR count). The van der Waals surface area contributed by atoms with Crippen molar-refractivity contribution in [2.45, 2.75) is 44.6 Å². The van der Waals surface area contributed by atoms with E-state index in [1.54, 1.807) is 13.3 Å². The summed E-state index contributed by atoms with van der Waals surface area (Å²) >= 11 is 6.36. The summed E-state index contributed by atoms with van der Waals surface area (Å²) in [7, 11) is 1.75. The molecular formula is C24H33ClN6O2. The number of amides is 1. The fourth-order valence-electron chi connectivity index (χ4n) is 4.77. The van der Waals surface area contributed by atoms with Gasteiger partial charge >= 0.3 is 0 Å². The van der Waals surface area contributed by atoms with E-state index in [0.29, 0.717) is 16.8 Å². The van der Waals surface area contributed by atoms with Crippen LogP contribution in [0.1, 0.15) is 36.8 Å². The van der Waals surface area contributed by atoms with Crippen LogP contribution in [0.15, 0.2) is 24.4 Å². The standard InChI is InChI=1S/C24H33ClN6O2/c1-33-13-12-31-10-8-16-6-7-18(14-17(16)9-11-31)28-24-27-15-20(25)23(30-24)29-21-5-3-2-4-19(21)22(26)32/h6-7,14-15,19,21H,2-5,8-13H2,1H3,(H2,26,32)(H2,27,28,29,30)/t19-,21-/m1/s1. The lowest BCUT2D eigenvalue weighted by atomic mass is 9.84. The van der Waals surface area contributed by atoms with Crippen molar-refractivity contribution in [2.75, 3.05) is 44.0 Å². The number of carbonyl (C=O) groups is 1. The molecule has 1 fully saturated rings. The SMILES string of the molecule is COCCN1CCc2ccc(Nc3ncc(Cl)c(N[C@@H]4CCCC[C@H]4C(N)=O)n3)cc2CC1. The Bertz CT molecular complexity index is 972. The quantitative estimate of drug-likeness (QED) is 0.540. The first-order valence-corrected chi connectivity index (χ1v) is 12.1. The van der Waals surface area contributed by atoms with Crippen LogP contribution in [-0.2, 0) is 22.4 Å². The van der Waals surface area contributed by atoms with Crippen molar-refractivity contribution in [2.24, 2.45) is 11.7 Å². The maximum Gasteiger partial charge on any atom is 0.229 e. The van der Waals surface area contributed by atoms with Crippen molar-refractivity contribution in [1.82, 2.24) is 14.9 Å². The molecule has 1 aromatic heterocycles. The molecule has 1 amide bonds. The Kier molecular flexibility index (Phi) is 8.01. The molecule has 1 aliphatic carbocycles. The number of methoxy groups -OCH3 is 1. The highest BCUT2D eigenvalue weighted by atomic mass is 35.5. The normalized spacial score (nSPS) is 21.2. The predicted molar refractivity (Wildman–Crippen MR) is 131 cm³/mol. The Labute approximate surface area is 200 Å². The zero-order valence-electron chi connectivity index (χ0n) is 19.1. The smallest absolute Gasteiger partial charge is 0.229 e. The number of anilines is 3. The average molecular weight is 473 g/mol. The highest BCUT2D eigenvalue weighted by molar-refractivity contribution is 6.32. The van der Waals surface area contributed by atoms with Gasteiger partial charge in [0.1, 0.15) is 5.02 Å². The summed E-state index contributed by atoms with van der Waals surface area (Å²) in [4.78, 5) is 23.2. The van der Waals surface area contributed by atoms with Crippen LogP contribution in [0.5, 0.6) is 0 Å². The Balaban J connectivity index is 1.45. The van der Waals surface area contributed by atoms with E-state index in [1.807, 2.05) is 0 Å². The van der Waals surface area contributed by atoms with Gasteiger partial charge in [-0.2, -0.15) is 4.98 Å². The lowest BCUT2D eigenvalue weighted by Gasteiger charge is -2.30. The van der Waals surface area contributed by atoms with E-state index in [2.05, 4.69) is 43.7 Å². The zero-order valence-corrected chi connectivity index (χ0v) is 19.9. The lowest BCUT2D eigenvalue weighted by Crippen LogP contribution is -2.40. The van der Waals surface area contributed by atoms with Gasteiger partial charge in [0.25, 0.3) is 0 Å². The molecule has 2 aromatic rings. The van der Waals surface area contributed by atoms with E-state index in [4.69, 9.17) is 22.1 Å². The molecule has 4 N–H and O–H groups in total. The van der Waals surface area contributed by atoms with Crippen LogP contribution in [0.3, 0.4) is 0 Å². The van der Waals surface area contributed by atoms with E-state index in [9.17, 15) is 4.79 Å². The van der Waals surface area contributed by atoms with Crippen LogP contribution in [0.25, 0.3) is 0 Å². The zero-order chi connectivity index (χ0) is 23.2. The molecule has 8 nitrogen and oxygen atoms in total. The number of primary amides is 1. The van der Waals surface area contributed by atoms with E-state index in [1.165, 1.54) is 11.1 Å². The molecule has 0 spiro atoms. The predicted octanol–water partition coefficient (Wildman–Crippen LogP) is 3.38. The summed E-state index contributed by atoms with van der Waals surface area (Å²) in [6.45, 7) is 3.79. The van der Waals surface area contributed by atoms with E-state index in [-0.39, 0.29) is 17.9 Å². The Morgan fingerprint density at radius 3 is 2.82 bits per heavy atom. The minimum atomic E-state index is -0.276. The molecule has 2 heterocycles. The van der Waals surface area contributed by atoms with Crippen molar-refractivity contribution in [1.29, 1.82) is 0 Å². The number of hydrogen-bond acceptors (Lipinski definition) is 7. The minimum Gasteiger partial charge on any atom is -0.383 e. The number of aromatic nitrogens is 2. The number of nitrogens with one attached hydrogen (secondary N) is 2. The third kappa shape index (κ3) is 6.13. The highest BCUT2D eigenvalue weighted by Crippen LogP contribution is 2.30. The summed E-state index contributed by atoms with van der Waals surface area (Å²) in [6, 6.07) is 6.38. The number of halogens is 1. The van der Waals surface area contributed by atoms with Crippen molar-refractivity contribution in [3.05, 3.63) is 40.5 Å². The number of nitrogens with zero attached hydrogens (tertiary/aromatic N) is 3. The van der Waals surface area contributed by atoms with Gasteiger partial charge in [0.15, 0.2) is 5.82 Å². The molecule has 1 aromatic carbocycles. The van der Waals surface area contributed by atoms with Gasteiger partial charge in [0, 0.05) is 38.5 Å². The number of nitrogens with two attached hydrogens (primary N) is 1. The Morgan fingerprint density at radius 1 is 1.24 bits per heavy atom. The van der Waals surface area contributed by atoms with Gasteiger partial charge in [-0.3, -0.25) is 4.79 Å². The lowest BCUT2D eigenvalue weighted by molar-refractivity contribution is -0.122. The third-order valence-electron chi connectivity index (χ3n) is 6.67. The van der Waals surface area contributed by atoms with Crippen LogP contribution in [0.2, 0.25) is 5.02 Å². The number of benzene rings is 1. The van der Waals surface area contributed by atoms with Crippen LogP contribution < -0.4 is 16.4 Å². The molecule has 2 atom stereocenters. The third-order valence-corrected chi connectivity index (χ3v) is 6.94. The summed E-state index contributed by atoms with van der Waals surface area (Å²) in [5.74, 6) is 0.496. The molecule has 1 aliphatic heterocycles. The van der Waals surface area contributed by atoms with Crippen LogP contribution >= 0.6 is 11.6 Å². The largest absolute Gasteiger partial charge is 0.383 e. The van der Waals surface area contributed by atoms with E-state index >= 15 is 0 Å². The van der Waals surface area contributed by atoms with Crippen LogP contribution in [0.4, 0.5) is 17.5 Å². The van der Waals surface area contributed by atoms with Crippen molar-refractivity contribution < 1.29 is 9.53 Å². The van der Waals surface area contributed by atoms with Crippen molar-refractivity contribution in [3.8, 4) is 0 Å². The first kappa shape index (κ1) is 23.7. The van der Waals surface area contributed by atoms with Crippen molar-refractivity contribution in [3.63, 3.8) is 0 Å². The summed E-state index contributed by atoms with van der Waals surface area (Å²) < 4.78 is 5.23. The van der Waals surface area contributed by atoms with Gasteiger partial charge in [-0.15, -0.1) is 0 Å².